The average molecular weight is 586 g/mol. The molecule has 4 nitrogen and oxygen atoms in total. The molecule has 3 aromatic carbocycles. The Morgan fingerprint density at radius 2 is 1.83 bits per heavy atom. The number of halogens is 1. The number of thioether (sulfide) groups is 1. The first-order chi connectivity index (χ1) is 19.6. The summed E-state index contributed by atoms with van der Waals surface area (Å²) in [5.41, 5.74) is 5.54. The van der Waals surface area contributed by atoms with Gasteiger partial charge in [0.05, 0.1) is 23.2 Å². The molecule has 0 radical (unpaired) electrons. The molecule has 0 spiro atoms. The number of carboxylic acid groups (broad SMARTS) is 1. The lowest BCUT2D eigenvalue weighted by molar-refractivity contribution is -0.138. The minimum atomic E-state index is -0.888. The van der Waals surface area contributed by atoms with Crippen LogP contribution in [-0.4, -0.2) is 26.9 Å². The van der Waals surface area contributed by atoms with Crippen molar-refractivity contribution in [2.45, 2.75) is 56.8 Å². The molecule has 41 heavy (non-hydrogen) atoms. The molecular weight excluding hydrogens is 550 g/mol. The van der Waals surface area contributed by atoms with Gasteiger partial charge in [-0.25, -0.2) is 4.98 Å². The average Bonchev–Trinajstić information content (AvgIpc) is 3.71. The second-order valence-electron chi connectivity index (χ2n) is 11.6. The molecule has 1 fully saturated rings. The summed E-state index contributed by atoms with van der Waals surface area (Å²) >= 11 is 8.06. The molecule has 0 saturated heterocycles. The van der Waals surface area contributed by atoms with Gasteiger partial charge in [0.15, 0.2) is 0 Å². The zero-order chi connectivity index (χ0) is 29.2. The van der Waals surface area contributed by atoms with Gasteiger partial charge in [-0.1, -0.05) is 72.8 Å². The molecule has 2 N–H and O–H groups in total. The van der Waals surface area contributed by atoms with E-state index < -0.39 is 11.6 Å². The van der Waals surface area contributed by atoms with Gasteiger partial charge < -0.3 is 10.2 Å². The van der Waals surface area contributed by atoms with Gasteiger partial charge in [-0.05, 0) is 97.2 Å². The number of benzene rings is 3. The summed E-state index contributed by atoms with van der Waals surface area (Å²) in [4.78, 5) is 16.7. The van der Waals surface area contributed by atoms with Crippen molar-refractivity contribution < 1.29 is 15.0 Å². The number of hydrogen-bond acceptors (Lipinski definition) is 4. The Kier molecular flexibility index (Phi) is 8.60. The number of rotatable bonds is 12. The summed E-state index contributed by atoms with van der Waals surface area (Å²) in [7, 11) is 0. The van der Waals surface area contributed by atoms with E-state index in [2.05, 4.69) is 24.8 Å². The summed E-state index contributed by atoms with van der Waals surface area (Å²) < 4.78 is 0. The van der Waals surface area contributed by atoms with Crippen molar-refractivity contribution in [1.29, 1.82) is 0 Å². The van der Waals surface area contributed by atoms with Gasteiger partial charge in [0.25, 0.3) is 0 Å². The van der Waals surface area contributed by atoms with Crippen LogP contribution in [0.15, 0.2) is 85.4 Å². The van der Waals surface area contributed by atoms with Crippen LogP contribution in [-0.2, 0) is 16.8 Å². The molecule has 1 atom stereocenters. The zero-order valence-corrected chi connectivity index (χ0v) is 25.1. The number of pyridine rings is 1. The maximum Gasteiger partial charge on any atom is 0.303 e. The van der Waals surface area contributed by atoms with Gasteiger partial charge in [-0.2, -0.15) is 11.8 Å². The smallest absolute Gasteiger partial charge is 0.303 e. The Bertz CT molecular complexity index is 1590. The summed E-state index contributed by atoms with van der Waals surface area (Å²) in [5, 5.41) is 22.1. The maximum atomic E-state index is 11.9. The lowest BCUT2D eigenvalue weighted by Gasteiger charge is -2.27. The van der Waals surface area contributed by atoms with E-state index in [1.807, 2.05) is 86.3 Å². The first kappa shape index (κ1) is 29.4. The number of hydrogen-bond donors (Lipinski definition) is 2. The molecule has 5 rings (SSSR count). The number of fused-ring (bicyclic) bond motifs is 1. The summed E-state index contributed by atoms with van der Waals surface area (Å²) in [5.74, 6) is 0.150. The summed E-state index contributed by atoms with van der Waals surface area (Å²) in [6.07, 6.45) is 3.80. The Balaban J connectivity index is 1.36. The molecule has 0 bridgehead atoms. The minimum Gasteiger partial charge on any atom is -0.481 e. The van der Waals surface area contributed by atoms with E-state index in [-0.39, 0.29) is 17.1 Å². The van der Waals surface area contributed by atoms with Crippen LogP contribution < -0.4 is 0 Å². The highest BCUT2D eigenvalue weighted by atomic mass is 35.5. The normalized spacial score (nSPS) is 15.0. The Morgan fingerprint density at radius 3 is 2.56 bits per heavy atom. The van der Waals surface area contributed by atoms with E-state index in [1.54, 1.807) is 0 Å². The quantitative estimate of drug-likeness (QED) is 0.162. The van der Waals surface area contributed by atoms with Gasteiger partial charge in [-0.15, -0.1) is 0 Å². The number of carboxylic acids is 1. The Hall–Kier alpha value is -3.12. The molecule has 212 valence electrons. The van der Waals surface area contributed by atoms with Gasteiger partial charge in [0.1, 0.15) is 0 Å². The number of aromatic nitrogens is 1. The van der Waals surface area contributed by atoms with Crippen LogP contribution in [0.5, 0.6) is 0 Å². The molecule has 1 saturated carbocycles. The second-order valence-corrected chi connectivity index (χ2v) is 13.3. The molecule has 0 unspecified atom stereocenters. The van der Waals surface area contributed by atoms with Crippen molar-refractivity contribution >= 4 is 45.8 Å². The largest absolute Gasteiger partial charge is 0.481 e. The first-order valence-electron chi connectivity index (χ1n) is 14.1. The SMILES string of the molecule is C=C(c1cccc([C@H](SCCCc2ccccc2C(C)(C)O)C2(CC(=O)O)CC2)c1)c1ccc2ccc(Cl)cc2n1. The third kappa shape index (κ3) is 6.86. The number of carbonyl (C=O) groups is 1. The Morgan fingerprint density at radius 1 is 1.07 bits per heavy atom. The van der Waals surface area contributed by atoms with E-state index in [0.29, 0.717) is 5.02 Å². The van der Waals surface area contributed by atoms with Gasteiger partial charge in [0, 0.05) is 21.2 Å². The molecular formula is C35H36ClNO3S. The molecule has 1 aromatic heterocycles. The van der Waals surface area contributed by atoms with Crippen LogP contribution in [0.2, 0.25) is 5.02 Å². The number of nitrogens with zero attached hydrogens (tertiary/aromatic N) is 1. The second kappa shape index (κ2) is 12.0. The lowest BCUT2D eigenvalue weighted by atomic mass is 9.90. The predicted molar refractivity (Wildman–Crippen MR) is 170 cm³/mol. The third-order valence-corrected chi connectivity index (χ3v) is 9.87. The first-order valence-corrected chi connectivity index (χ1v) is 15.5. The maximum absolute atomic E-state index is 11.9. The molecule has 0 amide bonds. The summed E-state index contributed by atoms with van der Waals surface area (Å²) in [6.45, 7) is 8.02. The van der Waals surface area contributed by atoms with E-state index in [0.717, 1.165) is 75.9 Å². The van der Waals surface area contributed by atoms with Crippen LogP contribution in [0.3, 0.4) is 0 Å². The van der Waals surface area contributed by atoms with Gasteiger partial charge >= 0.3 is 5.97 Å². The van der Waals surface area contributed by atoms with Gasteiger partial charge in [0.2, 0.25) is 0 Å². The minimum absolute atomic E-state index is 0.0687. The predicted octanol–water partition coefficient (Wildman–Crippen LogP) is 8.84. The van der Waals surface area contributed by atoms with Crippen LogP contribution in [0.4, 0.5) is 0 Å². The summed E-state index contributed by atoms with van der Waals surface area (Å²) in [6, 6.07) is 26.1. The fourth-order valence-electron chi connectivity index (χ4n) is 5.71. The van der Waals surface area contributed by atoms with E-state index in [1.165, 1.54) is 0 Å². The topological polar surface area (TPSA) is 70.4 Å². The van der Waals surface area contributed by atoms with Crippen molar-refractivity contribution in [3.05, 3.63) is 118 Å². The number of aryl methyl sites for hydroxylation is 1. The van der Waals surface area contributed by atoms with Crippen molar-refractivity contribution in [3.63, 3.8) is 0 Å². The van der Waals surface area contributed by atoms with E-state index in [9.17, 15) is 15.0 Å². The number of aliphatic carboxylic acids is 1. The van der Waals surface area contributed by atoms with Crippen molar-refractivity contribution in [1.82, 2.24) is 4.98 Å². The van der Waals surface area contributed by atoms with E-state index >= 15 is 0 Å². The van der Waals surface area contributed by atoms with Crippen molar-refractivity contribution in [3.8, 4) is 0 Å². The zero-order valence-electron chi connectivity index (χ0n) is 23.6. The standard InChI is InChI=1S/C35H36ClNO3S/c1-23(30-16-14-25-13-15-28(36)21-31(25)37-30)26-9-6-10-27(20-26)33(35(17-18-35)22-32(38)39)41-19-7-11-24-8-4-5-12-29(24)34(2,3)40/h4-6,8-10,12-16,20-21,33,40H,1,7,11,17-19,22H2,2-3H3,(H,38,39)/t33-/m0/s1. The van der Waals surface area contributed by atoms with Crippen molar-refractivity contribution in [2.75, 3.05) is 5.75 Å². The number of aliphatic hydroxyl groups is 1. The van der Waals surface area contributed by atoms with Crippen molar-refractivity contribution in [2.24, 2.45) is 5.41 Å². The Labute approximate surface area is 251 Å². The molecule has 1 heterocycles. The molecule has 1 aliphatic rings. The van der Waals surface area contributed by atoms with E-state index in [4.69, 9.17) is 16.6 Å². The molecule has 6 heteroatoms. The fraction of sp³-hybridized carbons (Fsp3) is 0.314. The highest BCUT2D eigenvalue weighted by Crippen LogP contribution is 2.62. The molecule has 4 aromatic rings. The third-order valence-electron chi connectivity index (χ3n) is 8.00. The monoisotopic (exact) mass is 585 g/mol. The fourth-order valence-corrected chi connectivity index (χ4v) is 7.44. The van der Waals surface area contributed by atoms with Gasteiger partial charge in [-0.3, -0.25) is 4.79 Å². The highest BCUT2D eigenvalue weighted by Gasteiger charge is 2.51. The molecule has 1 aliphatic carbocycles. The van der Waals surface area contributed by atoms with Crippen LogP contribution in [0.1, 0.15) is 72.7 Å². The molecule has 0 aliphatic heterocycles. The van der Waals surface area contributed by atoms with Crippen LogP contribution in [0, 0.1) is 5.41 Å². The van der Waals surface area contributed by atoms with Crippen LogP contribution in [0.25, 0.3) is 16.5 Å². The lowest BCUT2D eigenvalue weighted by Crippen LogP contribution is -2.18. The highest BCUT2D eigenvalue weighted by molar-refractivity contribution is 7.99. The van der Waals surface area contributed by atoms with Crippen LogP contribution >= 0.6 is 23.4 Å².